The standard InChI is InChI=1S/C17H27NS/c1-3-7-16(8-4-2)14-19-17-11-5-9-15(13-17)10-6-12-18/h5-6,9-11,13,16H,3-4,7-8,12,14,18H2,1-2H3. The van der Waals surface area contributed by atoms with E-state index in [9.17, 15) is 0 Å². The number of rotatable bonds is 9. The first-order valence-electron chi connectivity index (χ1n) is 7.39. The Morgan fingerprint density at radius 2 is 1.95 bits per heavy atom. The van der Waals surface area contributed by atoms with Crippen molar-refractivity contribution >= 4 is 17.8 Å². The van der Waals surface area contributed by atoms with Gasteiger partial charge in [0.05, 0.1) is 0 Å². The van der Waals surface area contributed by atoms with Crippen LogP contribution in [0.1, 0.15) is 45.1 Å². The molecule has 0 saturated heterocycles. The van der Waals surface area contributed by atoms with Crippen LogP contribution in [0.2, 0.25) is 0 Å². The molecule has 0 atom stereocenters. The molecule has 1 rings (SSSR count). The summed E-state index contributed by atoms with van der Waals surface area (Å²) in [5.74, 6) is 2.11. The van der Waals surface area contributed by atoms with E-state index >= 15 is 0 Å². The Morgan fingerprint density at radius 3 is 2.58 bits per heavy atom. The van der Waals surface area contributed by atoms with Gasteiger partial charge >= 0.3 is 0 Å². The van der Waals surface area contributed by atoms with E-state index in [0.717, 1.165) is 5.92 Å². The summed E-state index contributed by atoms with van der Waals surface area (Å²) in [7, 11) is 0. The van der Waals surface area contributed by atoms with Crippen LogP contribution >= 0.6 is 11.8 Å². The van der Waals surface area contributed by atoms with E-state index < -0.39 is 0 Å². The molecule has 0 aliphatic rings. The average molecular weight is 277 g/mol. The Balaban J connectivity index is 2.53. The second kappa shape index (κ2) is 10.1. The van der Waals surface area contributed by atoms with Gasteiger partial charge in [-0.1, -0.05) is 51.0 Å². The topological polar surface area (TPSA) is 26.0 Å². The third-order valence-electron chi connectivity index (χ3n) is 3.18. The Kier molecular flexibility index (Phi) is 8.68. The molecule has 0 radical (unpaired) electrons. The van der Waals surface area contributed by atoms with Crippen molar-refractivity contribution in [2.24, 2.45) is 11.7 Å². The molecule has 2 N–H and O–H groups in total. The molecule has 0 heterocycles. The maximum atomic E-state index is 5.49. The van der Waals surface area contributed by atoms with Crippen LogP contribution in [0.3, 0.4) is 0 Å². The van der Waals surface area contributed by atoms with Crippen LogP contribution in [0.25, 0.3) is 6.08 Å². The number of thioether (sulfide) groups is 1. The lowest BCUT2D eigenvalue weighted by Gasteiger charge is -2.14. The van der Waals surface area contributed by atoms with Crippen molar-refractivity contribution < 1.29 is 0 Å². The van der Waals surface area contributed by atoms with Crippen molar-refractivity contribution in [2.75, 3.05) is 12.3 Å². The van der Waals surface area contributed by atoms with Gasteiger partial charge in [0, 0.05) is 17.2 Å². The predicted octanol–water partition coefficient (Wildman–Crippen LogP) is 4.97. The maximum absolute atomic E-state index is 5.49. The molecule has 2 heteroatoms. The van der Waals surface area contributed by atoms with Gasteiger partial charge in [0.15, 0.2) is 0 Å². The van der Waals surface area contributed by atoms with Crippen molar-refractivity contribution in [3.05, 3.63) is 35.9 Å². The SMILES string of the molecule is CCCC(CCC)CSc1cccc(C=CCN)c1. The van der Waals surface area contributed by atoms with Gasteiger partial charge in [0.25, 0.3) is 0 Å². The summed E-state index contributed by atoms with van der Waals surface area (Å²) in [6.07, 6.45) is 9.40. The highest BCUT2D eigenvalue weighted by atomic mass is 32.2. The third-order valence-corrected chi connectivity index (χ3v) is 4.41. The van der Waals surface area contributed by atoms with Crippen molar-refractivity contribution in [2.45, 2.75) is 44.4 Å². The summed E-state index contributed by atoms with van der Waals surface area (Å²) in [6, 6.07) is 8.73. The normalized spacial score (nSPS) is 11.6. The molecule has 0 aromatic heterocycles. The molecular formula is C17H27NS. The monoisotopic (exact) mass is 277 g/mol. The molecule has 0 spiro atoms. The summed E-state index contributed by atoms with van der Waals surface area (Å²) in [4.78, 5) is 1.37. The van der Waals surface area contributed by atoms with E-state index in [2.05, 4.69) is 44.2 Å². The fraction of sp³-hybridized carbons (Fsp3) is 0.529. The second-order valence-corrected chi connectivity index (χ2v) is 6.06. The number of nitrogens with two attached hydrogens (primary N) is 1. The van der Waals surface area contributed by atoms with E-state index in [1.807, 2.05) is 17.8 Å². The number of hydrogen-bond donors (Lipinski definition) is 1. The zero-order chi connectivity index (χ0) is 13.9. The highest BCUT2D eigenvalue weighted by Gasteiger charge is 2.07. The lowest BCUT2D eigenvalue weighted by Crippen LogP contribution is -2.02. The van der Waals surface area contributed by atoms with E-state index in [0.29, 0.717) is 6.54 Å². The van der Waals surface area contributed by atoms with E-state index in [1.165, 1.54) is 41.9 Å². The van der Waals surface area contributed by atoms with Crippen LogP contribution in [0.15, 0.2) is 35.2 Å². The van der Waals surface area contributed by atoms with Crippen LogP contribution in [0.4, 0.5) is 0 Å². The molecule has 0 unspecified atom stereocenters. The van der Waals surface area contributed by atoms with E-state index in [1.54, 1.807) is 0 Å². The molecule has 1 aromatic rings. The summed E-state index contributed by atoms with van der Waals surface area (Å²) in [5.41, 5.74) is 6.74. The van der Waals surface area contributed by atoms with Gasteiger partial charge in [0.2, 0.25) is 0 Å². The molecule has 0 amide bonds. The van der Waals surface area contributed by atoms with Gasteiger partial charge in [-0.2, -0.15) is 0 Å². The van der Waals surface area contributed by atoms with Gasteiger partial charge in [-0.15, -0.1) is 11.8 Å². The fourth-order valence-corrected chi connectivity index (χ4v) is 3.41. The fourth-order valence-electron chi connectivity index (χ4n) is 2.25. The minimum Gasteiger partial charge on any atom is -0.327 e. The second-order valence-electron chi connectivity index (χ2n) is 4.96. The van der Waals surface area contributed by atoms with Crippen LogP contribution in [0, 0.1) is 5.92 Å². The summed E-state index contributed by atoms with van der Waals surface area (Å²) in [5, 5.41) is 0. The first-order valence-corrected chi connectivity index (χ1v) is 8.38. The first-order chi connectivity index (χ1) is 9.30. The van der Waals surface area contributed by atoms with E-state index in [-0.39, 0.29) is 0 Å². The summed E-state index contributed by atoms with van der Waals surface area (Å²) >= 11 is 1.99. The first kappa shape index (κ1) is 16.3. The predicted molar refractivity (Wildman–Crippen MR) is 88.6 cm³/mol. The third kappa shape index (κ3) is 6.84. The van der Waals surface area contributed by atoms with Crippen molar-refractivity contribution in [3.63, 3.8) is 0 Å². The summed E-state index contributed by atoms with van der Waals surface area (Å²) < 4.78 is 0. The molecule has 1 nitrogen and oxygen atoms in total. The molecular weight excluding hydrogens is 250 g/mol. The maximum Gasteiger partial charge on any atom is 0.0110 e. The minimum absolute atomic E-state index is 0.604. The molecule has 106 valence electrons. The van der Waals surface area contributed by atoms with Gasteiger partial charge < -0.3 is 5.73 Å². The van der Waals surface area contributed by atoms with Crippen LogP contribution < -0.4 is 5.73 Å². The molecule has 0 saturated carbocycles. The van der Waals surface area contributed by atoms with Gasteiger partial charge in [-0.25, -0.2) is 0 Å². The van der Waals surface area contributed by atoms with Crippen LogP contribution in [-0.4, -0.2) is 12.3 Å². The van der Waals surface area contributed by atoms with Crippen molar-refractivity contribution in [3.8, 4) is 0 Å². The van der Waals surface area contributed by atoms with Crippen molar-refractivity contribution in [1.82, 2.24) is 0 Å². The molecule has 0 aliphatic carbocycles. The lowest BCUT2D eigenvalue weighted by atomic mass is 10.0. The smallest absolute Gasteiger partial charge is 0.0110 e. The highest BCUT2D eigenvalue weighted by Crippen LogP contribution is 2.26. The average Bonchev–Trinajstić information content (AvgIpc) is 2.43. The van der Waals surface area contributed by atoms with Gasteiger partial charge in [0.1, 0.15) is 0 Å². The number of hydrogen-bond acceptors (Lipinski definition) is 2. The number of benzene rings is 1. The Bertz CT molecular complexity index is 367. The molecule has 0 aliphatic heterocycles. The van der Waals surface area contributed by atoms with Crippen molar-refractivity contribution in [1.29, 1.82) is 0 Å². The highest BCUT2D eigenvalue weighted by molar-refractivity contribution is 7.99. The van der Waals surface area contributed by atoms with Gasteiger partial charge in [-0.3, -0.25) is 0 Å². The Morgan fingerprint density at radius 1 is 1.21 bits per heavy atom. The molecule has 19 heavy (non-hydrogen) atoms. The van der Waals surface area contributed by atoms with Crippen LogP contribution in [-0.2, 0) is 0 Å². The summed E-state index contributed by atoms with van der Waals surface area (Å²) in [6.45, 7) is 5.17. The van der Waals surface area contributed by atoms with Crippen LogP contribution in [0.5, 0.6) is 0 Å². The molecule has 0 fully saturated rings. The van der Waals surface area contributed by atoms with Gasteiger partial charge in [-0.05, 0) is 36.5 Å². The Labute approximate surface area is 122 Å². The Hall–Kier alpha value is -0.730. The molecule has 1 aromatic carbocycles. The molecule has 0 bridgehead atoms. The zero-order valence-electron chi connectivity index (χ0n) is 12.3. The lowest BCUT2D eigenvalue weighted by molar-refractivity contribution is 0.488. The quantitative estimate of drug-likeness (QED) is 0.645. The van der Waals surface area contributed by atoms with E-state index in [4.69, 9.17) is 5.73 Å². The minimum atomic E-state index is 0.604. The largest absolute Gasteiger partial charge is 0.327 e. The zero-order valence-corrected chi connectivity index (χ0v) is 13.1.